The summed E-state index contributed by atoms with van der Waals surface area (Å²) in [5.41, 5.74) is 1.24. The summed E-state index contributed by atoms with van der Waals surface area (Å²) in [6, 6.07) is 0.0271. The van der Waals surface area contributed by atoms with Gasteiger partial charge in [-0.3, -0.25) is 4.90 Å². The largest absolute Gasteiger partial charge is 0.352 e. The quantitative estimate of drug-likeness (QED) is 0.780. The van der Waals surface area contributed by atoms with Crippen molar-refractivity contribution in [3.63, 3.8) is 0 Å². The number of amides is 2. The minimum Gasteiger partial charge on any atom is -0.352 e. The summed E-state index contributed by atoms with van der Waals surface area (Å²) in [4.78, 5) is 32.0. The lowest BCUT2D eigenvalue weighted by Crippen LogP contribution is -2.55. The number of anilines is 1. The highest BCUT2D eigenvalue weighted by Crippen LogP contribution is 2.39. The molecule has 8 heteroatoms. The van der Waals surface area contributed by atoms with Crippen molar-refractivity contribution in [3.8, 4) is 0 Å². The number of urea groups is 1. The number of nitrogens with zero attached hydrogens (tertiary/aromatic N) is 5. The fourth-order valence-electron chi connectivity index (χ4n) is 4.43. The summed E-state index contributed by atoms with van der Waals surface area (Å²) in [7, 11) is 0. The molecule has 2 aromatic rings. The normalized spacial score (nSPS) is 17.8. The summed E-state index contributed by atoms with van der Waals surface area (Å²) in [6.45, 7) is 16.7. The molecule has 2 aliphatic heterocycles. The zero-order valence-electron chi connectivity index (χ0n) is 19.6. The number of piperazine rings is 1. The molecule has 0 saturated carbocycles. The number of carbonyl (C=O) groups excluding carboxylic acids is 1. The van der Waals surface area contributed by atoms with E-state index < -0.39 is 0 Å². The Balaban J connectivity index is 1.61. The predicted molar refractivity (Wildman–Crippen MR) is 128 cm³/mol. The zero-order valence-corrected chi connectivity index (χ0v) is 20.4. The maximum absolute atomic E-state index is 12.6. The maximum Gasteiger partial charge on any atom is 0.317 e. The molecule has 0 aliphatic carbocycles. The van der Waals surface area contributed by atoms with Gasteiger partial charge in [0.15, 0.2) is 0 Å². The average molecular weight is 445 g/mol. The topological polar surface area (TPSA) is 64.6 Å². The number of likely N-dealkylation sites (N-methyl/N-ethyl adjacent to an activating group) is 1. The lowest BCUT2D eigenvalue weighted by Gasteiger charge is -2.37. The predicted octanol–water partition coefficient (Wildman–Crippen LogP) is 3.65. The fraction of sp³-hybridized carbons (Fsp3) is 0.696. The van der Waals surface area contributed by atoms with Crippen LogP contribution in [0.4, 0.5) is 10.6 Å². The second-order valence-electron chi connectivity index (χ2n) is 9.67. The van der Waals surface area contributed by atoms with Gasteiger partial charge in [0.25, 0.3) is 0 Å². The first-order valence-electron chi connectivity index (χ1n) is 11.6. The zero-order chi connectivity index (χ0) is 22.2. The fourth-order valence-corrected chi connectivity index (χ4v) is 5.70. The number of fused-ring (bicyclic) bond motifs is 3. The van der Waals surface area contributed by atoms with E-state index in [4.69, 9.17) is 9.97 Å². The Morgan fingerprint density at radius 3 is 2.48 bits per heavy atom. The first kappa shape index (κ1) is 22.3. The van der Waals surface area contributed by atoms with Gasteiger partial charge in [0.05, 0.1) is 5.39 Å². The van der Waals surface area contributed by atoms with Crippen LogP contribution in [0.2, 0.25) is 0 Å². The SMILES string of the molecule is CCCc1nc(N2CCN(C(=O)NC(C)(C)C)CC2)c2c3c(sc2n1)CN(CC)CC3. The van der Waals surface area contributed by atoms with Crippen molar-refractivity contribution >= 4 is 33.4 Å². The molecule has 2 amide bonds. The monoisotopic (exact) mass is 444 g/mol. The van der Waals surface area contributed by atoms with E-state index in [0.717, 1.165) is 68.5 Å². The van der Waals surface area contributed by atoms with Crippen molar-refractivity contribution < 1.29 is 4.79 Å². The summed E-state index contributed by atoms with van der Waals surface area (Å²) in [6.07, 6.45) is 3.02. The molecule has 0 bridgehead atoms. The molecular formula is C23H36N6OS. The van der Waals surface area contributed by atoms with Gasteiger partial charge in [-0.1, -0.05) is 13.8 Å². The third-order valence-corrected chi connectivity index (χ3v) is 7.19. The van der Waals surface area contributed by atoms with E-state index in [0.29, 0.717) is 13.1 Å². The smallest absolute Gasteiger partial charge is 0.317 e. The second-order valence-corrected chi connectivity index (χ2v) is 10.8. The van der Waals surface area contributed by atoms with Gasteiger partial charge in [0.2, 0.25) is 0 Å². The molecule has 0 radical (unpaired) electrons. The van der Waals surface area contributed by atoms with Crippen LogP contribution < -0.4 is 10.2 Å². The number of nitrogens with one attached hydrogen (secondary N) is 1. The Hall–Kier alpha value is -1.93. The van der Waals surface area contributed by atoms with Crippen LogP contribution in [0.25, 0.3) is 10.2 Å². The minimum atomic E-state index is -0.218. The van der Waals surface area contributed by atoms with Crippen molar-refractivity contribution in [1.82, 2.24) is 25.1 Å². The molecule has 0 atom stereocenters. The molecule has 0 aromatic carbocycles. The summed E-state index contributed by atoms with van der Waals surface area (Å²) >= 11 is 1.85. The first-order valence-corrected chi connectivity index (χ1v) is 12.5. The van der Waals surface area contributed by atoms with Gasteiger partial charge < -0.3 is 15.1 Å². The van der Waals surface area contributed by atoms with E-state index in [1.54, 1.807) is 0 Å². The number of hydrogen-bond donors (Lipinski definition) is 1. The minimum absolute atomic E-state index is 0.0271. The number of thiophene rings is 1. The van der Waals surface area contributed by atoms with Crippen LogP contribution in [0.15, 0.2) is 0 Å². The van der Waals surface area contributed by atoms with Crippen molar-refractivity contribution in [3.05, 3.63) is 16.3 Å². The number of carbonyl (C=O) groups is 1. The van der Waals surface area contributed by atoms with Crippen LogP contribution in [-0.4, -0.2) is 70.6 Å². The molecule has 1 fully saturated rings. The van der Waals surface area contributed by atoms with Crippen LogP contribution in [-0.2, 0) is 19.4 Å². The maximum atomic E-state index is 12.6. The Kier molecular flexibility index (Phi) is 6.40. The first-order chi connectivity index (χ1) is 14.8. The molecule has 4 heterocycles. The van der Waals surface area contributed by atoms with Crippen LogP contribution in [0.3, 0.4) is 0 Å². The Morgan fingerprint density at radius 2 is 1.84 bits per heavy atom. The molecule has 4 rings (SSSR count). The van der Waals surface area contributed by atoms with E-state index in [1.807, 2.05) is 37.0 Å². The third kappa shape index (κ3) is 4.80. The molecule has 1 N–H and O–H groups in total. The van der Waals surface area contributed by atoms with Crippen LogP contribution in [0, 0.1) is 0 Å². The second kappa shape index (κ2) is 8.90. The molecule has 31 heavy (non-hydrogen) atoms. The van der Waals surface area contributed by atoms with Crippen LogP contribution in [0.1, 0.15) is 57.3 Å². The van der Waals surface area contributed by atoms with Crippen molar-refractivity contribution in [1.29, 1.82) is 0 Å². The summed E-state index contributed by atoms with van der Waals surface area (Å²) < 4.78 is 0. The number of aromatic nitrogens is 2. The summed E-state index contributed by atoms with van der Waals surface area (Å²) in [5.74, 6) is 2.04. The number of aryl methyl sites for hydroxylation is 1. The Morgan fingerprint density at radius 1 is 1.10 bits per heavy atom. The number of hydrogen-bond acceptors (Lipinski definition) is 6. The highest BCUT2D eigenvalue weighted by atomic mass is 32.1. The highest BCUT2D eigenvalue weighted by molar-refractivity contribution is 7.19. The van der Waals surface area contributed by atoms with Crippen LogP contribution >= 0.6 is 11.3 Å². The Labute approximate surface area is 189 Å². The average Bonchev–Trinajstić information content (AvgIpc) is 3.09. The highest BCUT2D eigenvalue weighted by Gasteiger charge is 2.29. The van der Waals surface area contributed by atoms with E-state index in [1.165, 1.54) is 15.8 Å². The molecular weight excluding hydrogens is 408 g/mol. The van der Waals surface area contributed by atoms with Gasteiger partial charge in [-0.2, -0.15) is 0 Å². The standard InChI is InChI=1S/C23H36N6OS/c1-6-8-18-24-20(28-11-13-29(14-12-28)22(30)26-23(3,4)5)19-16-9-10-27(7-2)15-17(16)31-21(19)25-18/h6-15H2,1-5H3,(H,26,30). The van der Waals surface area contributed by atoms with Gasteiger partial charge in [-0.05, 0) is 45.7 Å². The molecule has 2 aliphatic rings. The molecule has 7 nitrogen and oxygen atoms in total. The van der Waals surface area contributed by atoms with Crippen molar-refractivity contribution in [2.75, 3.05) is 44.2 Å². The lowest BCUT2D eigenvalue weighted by molar-refractivity contribution is 0.185. The lowest BCUT2D eigenvalue weighted by atomic mass is 10.0. The van der Waals surface area contributed by atoms with Crippen molar-refractivity contribution in [2.45, 2.75) is 66.0 Å². The number of rotatable bonds is 4. The van der Waals surface area contributed by atoms with E-state index in [-0.39, 0.29) is 11.6 Å². The molecule has 0 unspecified atom stereocenters. The Bertz CT molecular complexity index is 942. The van der Waals surface area contributed by atoms with Gasteiger partial charge in [0, 0.05) is 56.1 Å². The van der Waals surface area contributed by atoms with Gasteiger partial charge in [-0.15, -0.1) is 11.3 Å². The van der Waals surface area contributed by atoms with E-state index in [9.17, 15) is 4.79 Å². The molecule has 2 aromatic heterocycles. The van der Waals surface area contributed by atoms with E-state index >= 15 is 0 Å². The van der Waals surface area contributed by atoms with Gasteiger partial charge >= 0.3 is 6.03 Å². The van der Waals surface area contributed by atoms with E-state index in [2.05, 4.69) is 29.0 Å². The third-order valence-electron chi connectivity index (χ3n) is 6.08. The van der Waals surface area contributed by atoms with Crippen molar-refractivity contribution in [2.24, 2.45) is 0 Å². The van der Waals surface area contributed by atoms with Crippen LogP contribution in [0.5, 0.6) is 0 Å². The van der Waals surface area contributed by atoms with Gasteiger partial charge in [0.1, 0.15) is 16.5 Å². The molecule has 0 spiro atoms. The van der Waals surface area contributed by atoms with Gasteiger partial charge in [-0.25, -0.2) is 14.8 Å². The summed E-state index contributed by atoms with van der Waals surface area (Å²) in [5, 5.41) is 4.35. The molecule has 170 valence electrons. The molecule has 1 saturated heterocycles.